The summed E-state index contributed by atoms with van der Waals surface area (Å²) in [6.07, 6.45) is -0.435. The van der Waals surface area contributed by atoms with Crippen LogP contribution in [0.15, 0.2) is 59.5 Å². The molecular weight excluding hydrogens is 302 g/mol. The summed E-state index contributed by atoms with van der Waals surface area (Å²) in [6, 6.07) is 14.0. The molecular formula is C16H16NO4S-. The zero-order chi connectivity index (χ0) is 16.2. The van der Waals surface area contributed by atoms with Crippen molar-refractivity contribution in [3.05, 3.63) is 65.7 Å². The molecule has 0 radical (unpaired) electrons. The lowest BCUT2D eigenvalue weighted by atomic mass is 10.1. The number of hydrogen-bond donors (Lipinski definition) is 1. The van der Waals surface area contributed by atoms with Gasteiger partial charge < -0.3 is 9.90 Å². The van der Waals surface area contributed by atoms with Gasteiger partial charge in [-0.05, 0) is 24.6 Å². The van der Waals surface area contributed by atoms with Crippen LogP contribution in [0, 0.1) is 6.92 Å². The number of carbonyl (C=O) groups is 1. The molecule has 0 aliphatic carbocycles. The molecule has 1 unspecified atom stereocenters. The zero-order valence-corrected chi connectivity index (χ0v) is 12.8. The maximum absolute atomic E-state index is 12.4. The van der Waals surface area contributed by atoms with E-state index >= 15 is 0 Å². The molecule has 0 aliphatic heterocycles. The van der Waals surface area contributed by atoms with Crippen molar-refractivity contribution in [1.82, 2.24) is 4.72 Å². The number of carboxylic acids is 1. The Hall–Kier alpha value is -2.18. The fraction of sp³-hybridized carbons (Fsp3) is 0.188. The van der Waals surface area contributed by atoms with Crippen LogP contribution in [0.5, 0.6) is 0 Å². The summed E-state index contributed by atoms with van der Waals surface area (Å²) in [4.78, 5) is 11.0. The highest BCUT2D eigenvalue weighted by molar-refractivity contribution is 7.89. The molecule has 0 aliphatic rings. The molecule has 0 aromatic heterocycles. The number of nitrogens with one attached hydrogen (secondary N) is 1. The predicted octanol–water partition coefficient (Wildman–Crippen LogP) is 1.15. The van der Waals surface area contributed by atoms with Crippen LogP contribution < -0.4 is 9.83 Å². The molecule has 1 N–H and O–H groups in total. The second-order valence-electron chi connectivity index (χ2n) is 4.97. The first-order valence-electron chi connectivity index (χ1n) is 6.72. The van der Waals surface area contributed by atoms with E-state index in [-0.39, 0.29) is 4.90 Å². The summed E-state index contributed by atoms with van der Waals surface area (Å²) >= 11 is 0. The van der Waals surface area contributed by atoms with Crippen molar-refractivity contribution in [2.45, 2.75) is 24.3 Å². The van der Waals surface area contributed by atoms with Crippen molar-refractivity contribution in [1.29, 1.82) is 0 Å². The largest absolute Gasteiger partial charge is 0.550 e. The van der Waals surface area contributed by atoms with Gasteiger partial charge in [-0.15, -0.1) is 0 Å². The third kappa shape index (κ3) is 4.16. The maximum atomic E-state index is 12.4. The highest BCUT2D eigenvalue weighted by Gasteiger charge is 2.21. The number of benzene rings is 2. The monoisotopic (exact) mass is 318 g/mol. The smallest absolute Gasteiger partial charge is 0.241 e. The van der Waals surface area contributed by atoms with Gasteiger partial charge in [-0.3, -0.25) is 0 Å². The lowest BCUT2D eigenvalue weighted by Crippen LogP contribution is -2.34. The van der Waals surface area contributed by atoms with Crippen molar-refractivity contribution >= 4 is 16.0 Å². The standard InChI is InChI=1S/C16H17NO4S/c1-12-7-9-14(10-8-12)22(20,21)17-15(11-16(18)19)13-5-3-2-4-6-13/h2-10,15,17H,11H2,1H3,(H,18,19)/p-1. The summed E-state index contributed by atoms with van der Waals surface area (Å²) in [5.74, 6) is -1.32. The highest BCUT2D eigenvalue weighted by Crippen LogP contribution is 2.20. The molecule has 0 bridgehead atoms. The molecule has 0 saturated carbocycles. The van der Waals surface area contributed by atoms with Crippen LogP contribution in [0.2, 0.25) is 0 Å². The minimum atomic E-state index is -3.81. The molecule has 2 aromatic rings. The van der Waals surface area contributed by atoms with Gasteiger partial charge in [-0.2, -0.15) is 0 Å². The first kappa shape index (κ1) is 16.2. The van der Waals surface area contributed by atoms with Gasteiger partial charge in [-0.1, -0.05) is 48.0 Å². The Bertz CT molecular complexity index is 739. The summed E-state index contributed by atoms with van der Waals surface area (Å²) in [7, 11) is -3.81. The van der Waals surface area contributed by atoms with Gasteiger partial charge in [0.05, 0.1) is 10.9 Å². The molecule has 0 amide bonds. The Morgan fingerprint density at radius 1 is 1.09 bits per heavy atom. The Morgan fingerprint density at radius 2 is 1.68 bits per heavy atom. The Kier molecular flexibility index (Phi) is 4.95. The van der Waals surface area contributed by atoms with Crippen molar-refractivity contribution < 1.29 is 18.3 Å². The number of carbonyl (C=O) groups excluding carboxylic acids is 1. The van der Waals surface area contributed by atoms with E-state index in [2.05, 4.69) is 4.72 Å². The fourth-order valence-corrected chi connectivity index (χ4v) is 3.28. The summed E-state index contributed by atoms with van der Waals surface area (Å²) < 4.78 is 27.2. The van der Waals surface area contributed by atoms with E-state index in [0.717, 1.165) is 5.56 Å². The highest BCUT2D eigenvalue weighted by atomic mass is 32.2. The van der Waals surface area contributed by atoms with E-state index in [1.807, 2.05) is 6.92 Å². The molecule has 22 heavy (non-hydrogen) atoms. The number of rotatable bonds is 6. The van der Waals surface area contributed by atoms with E-state index in [9.17, 15) is 18.3 Å². The van der Waals surface area contributed by atoms with Crippen LogP contribution in [0.25, 0.3) is 0 Å². The number of aliphatic carboxylic acids is 1. The Morgan fingerprint density at radius 3 is 2.23 bits per heavy atom. The number of hydrogen-bond acceptors (Lipinski definition) is 4. The SMILES string of the molecule is Cc1ccc(S(=O)(=O)NC(CC(=O)[O-])c2ccccc2)cc1. The van der Waals surface area contributed by atoms with Crippen molar-refractivity contribution in [3.8, 4) is 0 Å². The van der Waals surface area contributed by atoms with Crippen LogP contribution in [0.1, 0.15) is 23.6 Å². The van der Waals surface area contributed by atoms with Crippen molar-refractivity contribution in [2.75, 3.05) is 0 Å². The van der Waals surface area contributed by atoms with Gasteiger partial charge in [0.15, 0.2) is 0 Å². The molecule has 2 rings (SSSR count). The summed E-state index contributed by atoms with van der Waals surface area (Å²) in [5.41, 5.74) is 1.51. The van der Waals surface area contributed by atoms with Gasteiger partial charge in [-0.25, -0.2) is 13.1 Å². The third-order valence-corrected chi connectivity index (χ3v) is 4.69. The Labute approximate surface area is 129 Å². The van der Waals surface area contributed by atoms with Crippen LogP contribution in [-0.2, 0) is 14.8 Å². The van der Waals surface area contributed by atoms with E-state index < -0.39 is 28.5 Å². The second kappa shape index (κ2) is 6.72. The lowest BCUT2D eigenvalue weighted by Gasteiger charge is -2.19. The topological polar surface area (TPSA) is 86.3 Å². The summed E-state index contributed by atoms with van der Waals surface area (Å²) in [6.45, 7) is 1.85. The molecule has 0 spiro atoms. The molecule has 0 saturated heterocycles. The molecule has 1 atom stereocenters. The second-order valence-corrected chi connectivity index (χ2v) is 6.69. The van der Waals surface area contributed by atoms with Crippen LogP contribution in [-0.4, -0.2) is 14.4 Å². The minimum Gasteiger partial charge on any atom is -0.550 e. The van der Waals surface area contributed by atoms with Crippen LogP contribution in [0.4, 0.5) is 0 Å². The average Bonchev–Trinajstić information content (AvgIpc) is 2.47. The van der Waals surface area contributed by atoms with Crippen molar-refractivity contribution in [2.24, 2.45) is 0 Å². The van der Waals surface area contributed by atoms with Gasteiger partial charge in [0, 0.05) is 12.4 Å². The molecule has 5 nitrogen and oxygen atoms in total. The van der Waals surface area contributed by atoms with Gasteiger partial charge in [0.2, 0.25) is 10.0 Å². The van der Waals surface area contributed by atoms with E-state index in [4.69, 9.17) is 0 Å². The average molecular weight is 318 g/mol. The zero-order valence-electron chi connectivity index (χ0n) is 12.0. The van der Waals surface area contributed by atoms with E-state index in [1.54, 1.807) is 42.5 Å². The molecule has 2 aromatic carbocycles. The third-order valence-electron chi connectivity index (χ3n) is 3.20. The number of aryl methyl sites for hydroxylation is 1. The van der Waals surface area contributed by atoms with Gasteiger partial charge >= 0.3 is 0 Å². The molecule has 0 heterocycles. The molecule has 6 heteroatoms. The van der Waals surface area contributed by atoms with Gasteiger partial charge in [0.1, 0.15) is 0 Å². The first-order valence-corrected chi connectivity index (χ1v) is 8.20. The normalized spacial score (nSPS) is 12.8. The number of sulfonamides is 1. The quantitative estimate of drug-likeness (QED) is 0.866. The van der Waals surface area contributed by atoms with Crippen LogP contribution >= 0.6 is 0 Å². The minimum absolute atomic E-state index is 0.0948. The predicted molar refractivity (Wildman–Crippen MR) is 80.3 cm³/mol. The first-order chi connectivity index (χ1) is 10.4. The molecule has 0 fully saturated rings. The molecule has 116 valence electrons. The van der Waals surface area contributed by atoms with E-state index in [0.29, 0.717) is 5.56 Å². The van der Waals surface area contributed by atoms with Crippen molar-refractivity contribution in [3.63, 3.8) is 0 Å². The fourth-order valence-electron chi connectivity index (χ4n) is 2.05. The maximum Gasteiger partial charge on any atom is 0.241 e. The van der Waals surface area contributed by atoms with E-state index in [1.165, 1.54) is 12.1 Å². The Balaban J connectivity index is 2.30. The van der Waals surface area contributed by atoms with Gasteiger partial charge in [0.25, 0.3) is 0 Å². The van der Waals surface area contributed by atoms with Crippen LogP contribution in [0.3, 0.4) is 0 Å². The summed E-state index contributed by atoms with van der Waals surface area (Å²) in [5, 5.41) is 10.9. The lowest BCUT2D eigenvalue weighted by molar-refractivity contribution is -0.306. The number of carboxylic acid groups (broad SMARTS) is 1.